The van der Waals surface area contributed by atoms with Crippen molar-refractivity contribution in [2.45, 2.75) is 18.4 Å². The van der Waals surface area contributed by atoms with E-state index in [9.17, 15) is 19.5 Å². The summed E-state index contributed by atoms with van der Waals surface area (Å²) in [6, 6.07) is 14.2. The number of rotatable bonds is 7. The predicted molar refractivity (Wildman–Crippen MR) is 125 cm³/mol. The van der Waals surface area contributed by atoms with E-state index in [1.165, 1.54) is 0 Å². The molecule has 174 valence electrons. The largest absolute Gasteiger partial charge is 0.481 e. The first-order valence-electron chi connectivity index (χ1n) is 10.1. The molecular formula is C23H18Cl2N4O5. The maximum atomic E-state index is 12.7. The van der Waals surface area contributed by atoms with Crippen molar-refractivity contribution in [2.75, 3.05) is 11.9 Å². The second-order valence-corrected chi connectivity index (χ2v) is 8.16. The summed E-state index contributed by atoms with van der Waals surface area (Å²) in [5.74, 6) is -2.36. The number of carboxylic acid groups (broad SMARTS) is 1. The molecule has 1 unspecified atom stereocenters. The lowest BCUT2D eigenvalue weighted by atomic mass is 9.98. The lowest BCUT2D eigenvalue weighted by Crippen LogP contribution is -2.45. The SMILES string of the molecule is O=C(O)CC(NC(=O)OCC1c2ccccc2-c2ccccc21)C(=O)Nc1c(Cl)ncnc1Cl. The standard InChI is InChI=1S/C23H18Cl2N4O5/c24-20-19(21(25)27-11-26-20)29-22(32)17(9-18(30)31)28-23(33)34-10-16-14-7-3-1-5-12(14)13-6-2-4-8-15(13)16/h1-8,11,16-17H,9-10H2,(H,28,33)(H,29,32)(H,30,31). The second kappa shape index (κ2) is 10.1. The third-order valence-electron chi connectivity index (χ3n) is 5.33. The molecule has 0 aliphatic heterocycles. The first-order chi connectivity index (χ1) is 16.3. The van der Waals surface area contributed by atoms with Crippen LogP contribution in [-0.2, 0) is 14.3 Å². The Labute approximate surface area is 204 Å². The molecule has 1 atom stereocenters. The number of alkyl carbamates (subject to hydrolysis) is 1. The average molecular weight is 501 g/mol. The van der Waals surface area contributed by atoms with Crippen LogP contribution in [0.3, 0.4) is 0 Å². The molecule has 0 saturated heterocycles. The summed E-state index contributed by atoms with van der Waals surface area (Å²) < 4.78 is 5.40. The number of anilines is 1. The molecule has 0 bridgehead atoms. The molecule has 11 heteroatoms. The zero-order chi connectivity index (χ0) is 24.2. The normalized spacial score (nSPS) is 12.9. The lowest BCUT2D eigenvalue weighted by Gasteiger charge is -2.19. The number of fused-ring (bicyclic) bond motifs is 3. The maximum absolute atomic E-state index is 12.7. The van der Waals surface area contributed by atoms with E-state index < -0.39 is 30.4 Å². The van der Waals surface area contributed by atoms with Crippen molar-refractivity contribution in [3.8, 4) is 11.1 Å². The van der Waals surface area contributed by atoms with Crippen LogP contribution in [0.4, 0.5) is 10.5 Å². The zero-order valence-electron chi connectivity index (χ0n) is 17.5. The van der Waals surface area contributed by atoms with Gasteiger partial charge in [-0.05, 0) is 22.3 Å². The quantitative estimate of drug-likeness (QED) is 0.416. The molecule has 1 aliphatic carbocycles. The van der Waals surface area contributed by atoms with E-state index in [1.807, 2.05) is 48.5 Å². The van der Waals surface area contributed by atoms with Crippen molar-refractivity contribution in [3.05, 3.63) is 76.3 Å². The Bertz CT molecular complexity index is 1200. The molecule has 0 spiro atoms. The topological polar surface area (TPSA) is 131 Å². The van der Waals surface area contributed by atoms with Crippen molar-refractivity contribution < 1.29 is 24.2 Å². The first kappa shape index (κ1) is 23.5. The fraction of sp³-hybridized carbons (Fsp3) is 0.174. The van der Waals surface area contributed by atoms with Gasteiger partial charge in [-0.15, -0.1) is 0 Å². The predicted octanol–water partition coefficient (Wildman–Crippen LogP) is 4.10. The Hall–Kier alpha value is -3.69. The Morgan fingerprint density at radius 3 is 2.09 bits per heavy atom. The van der Waals surface area contributed by atoms with Gasteiger partial charge in [-0.1, -0.05) is 71.7 Å². The van der Waals surface area contributed by atoms with E-state index >= 15 is 0 Å². The Balaban J connectivity index is 1.45. The number of halogens is 2. The average Bonchev–Trinajstić information content (AvgIpc) is 3.13. The summed E-state index contributed by atoms with van der Waals surface area (Å²) in [7, 11) is 0. The highest BCUT2D eigenvalue weighted by Gasteiger charge is 2.30. The van der Waals surface area contributed by atoms with Gasteiger partial charge in [0.25, 0.3) is 0 Å². The van der Waals surface area contributed by atoms with Crippen molar-refractivity contribution in [1.82, 2.24) is 15.3 Å². The molecule has 0 saturated carbocycles. The molecule has 3 N–H and O–H groups in total. The number of aliphatic carboxylic acids is 1. The number of carboxylic acids is 1. The minimum absolute atomic E-state index is 0.00541. The number of nitrogens with zero attached hydrogens (tertiary/aromatic N) is 2. The van der Waals surface area contributed by atoms with Crippen LogP contribution < -0.4 is 10.6 Å². The molecule has 1 aliphatic rings. The molecule has 4 rings (SSSR count). The van der Waals surface area contributed by atoms with Crippen LogP contribution in [0.5, 0.6) is 0 Å². The number of amides is 2. The third kappa shape index (κ3) is 4.95. The number of benzene rings is 2. The first-order valence-corrected chi connectivity index (χ1v) is 10.9. The monoisotopic (exact) mass is 500 g/mol. The molecule has 3 aromatic rings. The van der Waals surface area contributed by atoms with Gasteiger partial charge in [0.05, 0.1) is 6.42 Å². The van der Waals surface area contributed by atoms with Gasteiger partial charge < -0.3 is 20.5 Å². The molecular weight excluding hydrogens is 483 g/mol. The molecule has 0 fully saturated rings. The van der Waals surface area contributed by atoms with Gasteiger partial charge in [-0.25, -0.2) is 14.8 Å². The number of ether oxygens (including phenoxy) is 1. The van der Waals surface area contributed by atoms with Crippen LogP contribution in [0.2, 0.25) is 10.3 Å². The molecule has 2 amide bonds. The molecule has 34 heavy (non-hydrogen) atoms. The summed E-state index contributed by atoms with van der Waals surface area (Å²) in [5, 5.41) is 13.6. The third-order valence-corrected chi connectivity index (χ3v) is 5.91. The van der Waals surface area contributed by atoms with Crippen LogP contribution >= 0.6 is 23.2 Å². The van der Waals surface area contributed by atoms with Gasteiger partial charge in [0.15, 0.2) is 10.3 Å². The summed E-state index contributed by atoms with van der Waals surface area (Å²) in [5.41, 5.74) is 4.07. The van der Waals surface area contributed by atoms with Gasteiger partial charge in [0, 0.05) is 5.92 Å². The van der Waals surface area contributed by atoms with Crippen LogP contribution in [0.25, 0.3) is 11.1 Å². The van der Waals surface area contributed by atoms with Gasteiger partial charge in [-0.3, -0.25) is 9.59 Å². The highest BCUT2D eigenvalue weighted by atomic mass is 35.5. The molecule has 0 radical (unpaired) electrons. The van der Waals surface area contributed by atoms with Gasteiger partial charge >= 0.3 is 12.1 Å². The van der Waals surface area contributed by atoms with Crippen molar-refractivity contribution in [1.29, 1.82) is 0 Å². The highest BCUT2D eigenvalue weighted by Crippen LogP contribution is 2.44. The fourth-order valence-corrected chi connectivity index (χ4v) is 4.23. The van der Waals surface area contributed by atoms with Crippen LogP contribution in [-0.4, -0.2) is 45.7 Å². The number of hydrogen-bond acceptors (Lipinski definition) is 6. The molecule has 1 heterocycles. The fourth-order valence-electron chi connectivity index (χ4n) is 3.82. The highest BCUT2D eigenvalue weighted by molar-refractivity contribution is 6.38. The number of aromatic nitrogens is 2. The van der Waals surface area contributed by atoms with Gasteiger partial charge in [-0.2, -0.15) is 0 Å². The van der Waals surface area contributed by atoms with E-state index in [0.29, 0.717) is 0 Å². The van der Waals surface area contributed by atoms with E-state index in [1.54, 1.807) is 0 Å². The summed E-state index contributed by atoms with van der Waals surface area (Å²) in [6.45, 7) is 0.00541. The molecule has 2 aromatic carbocycles. The summed E-state index contributed by atoms with van der Waals surface area (Å²) in [4.78, 5) is 43.9. The van der Waals surface area contributed by atoms with E-state index in [-0.39, 0.29) is 28.5 Å². The van der Waals surface area contributed by atoms with Crippen LogP contribution in [0, 0.1) is 0 Å². The van der Waals surface area contributed by atoms with E-state index in [0.717, 1.165) is 28.6 Å². The number of hydrogen-bond donors (Lipinski definition) is 3. The second-order valence-electron chi connectivity index (χ2n) is 7.44. The van der Waals surface area contributed by atoms with Gasteiger partial charge in [0.2, 0.25) is 5.91 Å². The number of carbonyl (C=O) groups excluding carboxylic acids is 2. The number of carbonyl (C=O) groups is 3. The zero-order valence-corrected chi connectivity index (χ0v) is 19.0. The number of nitrogens with one attached hydrogen (secondary N) is 2. The minimum Gasteiger partial charge on any atom is -0.481 e. The van der Waals surface area contributed by atoms with E-state index in [4.69, 9.17) is 27.9 Å². The Morgan fingerprint density at radius 1 is 0.971 bits per heavy atom. The van der Waals surface area contributed by atoms with Crippen molar-refractivity contribution in [3.63, 3.8) is 0 Å². The van der Waals surface area contributed by atoms with E-state index in [2.05, 4.69) is 20.6 Å². The minimum atomic E-state index is -1.46. The van der Waals surface area contributed by atoms with Crippen molar-refractivity contribution in [2.24, 2.45) is 0 Å². The molecule has 1 aromatic heterocycles. The van der Waals surface area contributed by atoms with Crippen LogP contribution in [0.1, 0.15) is 23.5 Å². The lowest BCUT2D eigenvalue weighted by molar-refractivity contribution is -0.139. The maximum Gasteiger partial charge on any atom is 0.407 e. The Kier molecular flexibility index (Phi) is 6.95. The Morgan fingerprint density at radius 2 is 1.53 bits per heavy atom. The van der Waals surface area contributed by atoms with Gasteiger partial charge in [0.1, 0.15) is 24.7 Å². The summed E-state index contributed by atoms with van der Waals surface area (Å²) >= 11 is 11.8. The molecule has 9 nitrogen and oxygen atoms in total. The summed E-state index contributed by atoms with van der Waals surface area (Å²) in [6.07, 6.45) is -0.534. The van der Waals surface area contributed by atoms with Crippen molar-refractivity contribution >= 4 is 46.9 Å². The van der Waals surface area contributed by atoms with Crippen LogP contribution in [0.15, 0.2) is 54.9 Å². The smallest absolute Gasteiger partial charge is 0.407 e.